The number of thiocarbonyl (C=S) groups is 1. The fraction of sp³-hybridized carbons (Fsp3) is 0.429. The Kier molecular flexibility index (Phi) is 6.29. The minimum atomic E-state index is -0.625. The second-order valence-corrected chi connectivity index (χ2v) is 4.45. The summed E-state index contributed by atoms with van der Waals surface area (Å²) >= 11 is 4.97. The molecular formula is C14H19NO3S. The Morgan fingerprint density at radius 1 is 1.37 bits per heavy atom. The Balaban J connectivity index is 2.90. The molecule has 0 fully saturated rings. The molecule has 4 nitrogen and oxygen atoms in total. The van der Waals surface area contributed by atoms with E-state index < -0.39 is 6.10 Å². The average Bonchev–Trinajstić information content (AvgIpc) is 2.39. The third-order valence-corrected chi connectivity index (χ3v) is 2.74. The van der Waals surface area contributed by atoms with Gasteiger partial charge in [-0.3, -0.25) is 0 Å². The number of ether oxygens (including phenoxy) is 2. The number of rotatable bonds is 7. The predicted molar refractivity (Wildman–Crippen MR) is 78.3 cm³/mol. The molecule has 0 aromatic heterocycles. The molecule has 0 heterocycles. The lowest BCUT2D eigenvalue weighted by atomic mass is 10.1. The van der Waals surface area contributed by atoms with Gasteiger partial charge in [-0.2, -0.15) is 0 Å². The van der Waals surface area contributed by atoms with Gasteiger partial charge in [0.15, 0.2) is 6.10 Å². The van der Waals surface area contributed by atoms with Crippen molar-refractivity contribution in [2.45, 2.75) is 32.8 Å². The number of carbonyl (C=O) groups is 1. The van der Waals surface area contributed by atoms with E-state index in [0.717, 1.165) is 6.42 Å². The first-order valence-electron chi connectivity index (χ1n) is 6.32. The molecule has 2 N–H and O–H groups in total. The first-order valence-corrected chi connectivity index (χ1v) is 6.73. The van der Waals surface area contributed by atoms with Gasteiger partial charge in [0.05, 0.1) is 12.2 Å². The molecular weight excluding hydrogens is 262 g/mol. The number of para-hydroxylation sites is 1. The fourth-order valence-corrected chi connectivity index (χ4v) is 1.82. The van der Waals surface area contributed by atoms with Gasteiger partial charge in [-0.05, 0) is 25.5 Å². The Bertz CT molecular complexity index is 448. The highest BCUT2D eigenvalue weighted by Crippen LogP contribution is 2.21. The van der Waals surface area contributed by atoms with E-state index in [1.807, 2.05) is 19.1 Å². The van der Waals surface area contributed by atoms with Crippen LogP contribution in [0.5, 0.6) is 5.75 Å². The van der Waals surface area contributed by atoms with Crippen LogP contribution in [0.3, 0.4) is 0 Å². The SMILES string of the molecule is CCCC(Oc1ccccc1C(N)=S)C(=O)OCC. The third-order valence-electron chi connectivity index (χ3n) is 2.52. The lowest BCUT2D eigenvalue weighted by Gasteiger charge is -2.18. The monoisotopic (exact) mass is 281 g/mol. The topological polar surface area (TPSA) is 61.5 Å². The molecule has 0 saturated carbocycles. The van der Waals surface area contributed by atoms with Crippen molar-refractivity contribution in [1.82, 2.24) is 0 Å². The van der Waals surface area contributed by atoms with Crippen LogP contribution >= 0.6 is 12.2 Å². The van der Waals surface area contributed by atoms with Crippen LogP contribution < -0.4 is 10.5 Å². The maximum atomic E-state index is 11.8. The zero-order valence-corrected chi connectivity index (χ0v) is 12.0. The fourth-order valence-electron chi connectivity index (χ4n) is 1.65. The van der Waals surface area contributed by atoms with Crippen molar-refractivity contribution in [3.63, 3.8) is 0 Å². The van der Waals surface area contributed by atoms with Gasteiger partial charge in [0.1, 0.15) is 10.7 Å². The molecule has 1 atom stereocenters. The van der Waals surface area contributed by atoms with Crippen LogP contribution in [0.4, 0.5) is 0 Å². The molecule has 1 rings (SSSR count). The number of nitrogens with two attached hydrogens (primary N) is 1. The van der Waals surface area contributed by atoms with Crippen LogP contribution in [-0.4, -0.2) is 23.7 Å². The molecule has 0 saturated heterocycles. The lowest BCUT2D eigenvalue weighted by molar-refractivity contribution is -0.151. The van der Waals surface area contributed by atoms with Crippen LogP contribution in [0.25, 0.3) is 0 Å². The van der Waals surface area contributed by atoms with Crippen molar-refractivity contribution >= 4 is 23.2 Å². The molecule has 1 aromatic carbocycles. The first kappa shape index (κ1) is 15.4. The number of benzene rings is 1. The van der Waals surface area contributed by atoms with Gasteiger partial charge in [0.25, 0.3) is 0 Å². The maximum absolute atomic E-state index is 11.8. The van der Waals surface area contributed by atoms with E-state index in [1.54, 1.807) is 19.1 Å². The highest BCUT2D eigenvalue weighted by Gasteiger charge is 2.22. The van der Waals surface area contributed by atoms with E-state index in [9.17, 15) is 4.79 Å². The minimum absolute atomic E-state index is 0.245. The van der Waals surface area contributed by atoms with Crippen LogP contribution in [0.15, 0.2) is 24.3 Å². The van der Waals surface area contributed by atoms with Crippen molar-refractivity contribution in [3.05, 3.63) is 29.8 Å². The van der Waals surface area contributed by atoms with Crippen molar-refractivity contribution in [3.8, 4) is 5.75 Å². The number of carbonyl (C=O) groups excluding carboxylic acids is 1. The Labute approximate surface area is 118 Å². The molecule has 0 radical (unpaired) electrons. The summed E-state index contributed by atoms with van der Waals surface area (Å²) in [6.45, 7) is 4.08. The van der Waals surface area contributed by atoms with Gasteiger partial charge in [0.2, 0.25) is 0 Å². The summed E-state index contributed by atoms with van der Waals surface area (Å²) in [7, 11) is 0. The van der Waals surface area contributed by atoms with Crippen molar-refractivity contribution < 1.29 is 14.3 Å². The van der Waals surface area contributed by atoms with E-state index in [2.05, 4.69) is 0 Å². The molecule has 19 heavy (non-hydrogen) atoms. The third kappa shape index (κ3) is 4.52. The standard InChI is InChI=1S/C14H19NO3S/c1-3-7-12(14(16)17-4-2)18-11-9-6-5-8-10(11)13(15)19/h5-6,8-9,12H,3-4,7H2,1-2H3,(H2,15,19). The summed E-state index contributed by atoms with van der Waals surface area (Å²) in [4.78, 5) is 12.1. The smallest absolute Gasteiger partial charge is 0.347 e. The molecule has 0 aliphatic carbocycles. The van der Waals surface area contributed by atoms with Crippen LogP contribution in [0, 0.1) is 0 Å². The molecule has 104 valence electrons. The first-order chi connectivity index (χ1) is 9.10. The zero-order chi connectivity index (χ0) is 14.3. The number of hydrogen-bond acceptors (Lipinski definition) is 4. The van der Waals surface area contributed by atoms with E-state index in [1.165, 1.54) is 0 Å². The second-order valence-electron chi connectivity index (χ2n) is 4.01. The molecule has 0 aliphatic rings. The summed E-state index contributed by atoms with van der Waals surface area (Å²) in [6.07, 6.45) is 0.781. The Morgan fingerprint density at radius 3 is 2.63 bits per heavy atom. The predicted octanol–water partition coefficient (Wildman–Crippen LogP) is 2.43. The molecule has 0 bridgehead atoms. The summed E-state index contributed by atoms with van der Waals surface area (Å²) in [5.74, 6) is 0.156. The molecule has 0 amide bonds. The quantitative estimate of drug-likeness (QED) is 0.614. The van der Waals surface area contributed by atoms with E-state index >= 15 is 0 Å². The van der Waals surface area contributed by atoms with Crippen molar-refractivity contribution in [2.24, 2.45) is 5.73 Å². The lowest BCUT2D eigenvalue weighted by Crippen LogP contribution is -2.30. The minimum Gasteiger partial charge on any atom is -0.478 e. The van der Waals surface area contributed by atoms with Crippen LogP contribution in [0.1, 0.15) is 32.3 Å². The number of hydrogen-bond donors (Lipinski definition) is 1. The molecule has 0 aliphatic heterocycles. The molecule has 1 aromatic rings. The van der Waals surface area contributed by atoms with Gasteiger partial charge in [0, 0.05) is 0 Å². The summed E-state index contributed by atoms with van der Waals surface area (Å²) in [6, 6.07) is 7.15. The highest BCUT2D eigenvalue weighted by atomic mass is 32.1. The van der Waals surface area contributed by atoms with E-state index in [4.69, 9.17) is 27.4 Å². The van der Waals surface area contributed by atoms with Crippen LogP contribution in [-0.2, 0) is 9.53 Å². The largest absolute Gasteiger partial charge is 0.478 e. The Morgan fingerprint density at radius 2 is 2.05 bits per heavy atom. The molecule has 1 unspecified atom stereocenters. The summed E-state index contributed by atoms with van der Waals surface area (Å²) in [5.41, 5.74) is 6.26. The van der Waals surface area contributed by atoms with Gasteiger partial charge in [-0.15, -0.1) is 0 Å². The van der Waals surface area contributed by atoms with Crippen LogP contribution in [0.2, 0.25) is 0 Å². The van der Waals surface area contributed by atoms with Gasteiger partial charge < -0.3 is 15.2 Å². The van der Waals surface area contributed by atoms with E-state index in [-0.39, 0.29) is 11.0 Å². The summed E-state index contributed by atoms with van der Waals surface area (Å²) < 4.78 is 10.7. The normalized spacial score (nSPS) is 11.7. The average molecular weight is 281 g/mol. The van der Waals surface area contributed by atoms with Crippen molar-refractivity contribution in [2.75, 3.05) is 6.61 Å². The second kappa shape index (κ2) is 7.74. The van der Waals surface area contributed by atoms with E-state index in [0.29, 0.717) is 24.3 Å². The van der Waals surface area contributed by atoms with Gasteiger partial charge in [-0.1, -0.05) is 37.7 Å². The highest BCUT2D eigenvalue weighted by molar-refractivity contribution is 7.80. The van der Waals surface area contributed by atoms with Gasteiger partial charge in [-0.25, -0.2) is 4.79 Å². The Hall–Kier alpha value is -1.62. The molecule has 5 heteroatoms. The molecule has 0 spiro atoms. The zero-order valence-electron chi connectivity index (χ0n) is 11.2. The van der Waals surface area contributed by atoms with Gasteiger partial charge >= 0.3 is 5.97 Å². The summed E-state index contributed by atoms with van der Waals surface area (Å²) in [5, 5.41) is 0. The van der Waals surface area contributed by atoms with Crippen molar-refractivity contribution in [1.29, 1.82) is 0 Å². The number of esters is 1. The maximum Gasteiger partial charge on any atom is 0.347 e.